The van der Waals surface area contributed by atoms with E-state index >= 15 is 0 Å². The van der Waals surface area contributed by atoms with Crippen LogP contribution in [0.25, 0.3) is 0 Å². The zero-order valence-corrected chi connectivity index (χ0v) is 8.90. The van der Waals surface area contributed by atoms with Gasteiger partial charge in [0.25, 0.3) is 0 Å². The van der Waals surface area contributed by atoms with E-state index in [2.05, 4.69) is 34.3 Å². The maximum atomic E-state index is 5.93. The molecule has 0 aliphatic carbocycles. The van der Waals surface area contributed by atoms with Gasteiger partial charge in [-0.3, -0.25) is 0 Å². The summed E-state index contributed by atoms with van der Waals surface area (Å²) in [6.07, 6.45) is 1.09. The monoisotopic (exact) mass is 166 g/mol. The summed E-state index contributed by atoms with van der Waals surface area (Å²) in [5, 5.41) is 0. The summed E-state index contributed by atoms with van der Waals surface area (Å²) in [5.41, 5.74) is 1.39. The molecule has 0 saturated carbocycles. The van der Waals surface area contributed by atoms with Crippen LogP contribution in [0.2, 0.25) is 6.32 Å². The highest BCUT2D eigenvalue weighted by molar-refractivity contribution is 6.61. The predicted octanol–water partition coefficient (Wildman–Crippen LogP) is 2.93. The molecular formula is C10H19BO. The Bertz CT molecular complexity index is 190. The van der Waals surface area contributed by atoms with Crippen molar-refractivity contribution in [3.05, 3.63) is 12.1 Å². The summed E-state index contributed by atoms with van der Waals surface area (Å²) < 4.78 is 5.93. The van der Waals surface area contributed by atoms with Gasteiger partial charge in [-0.25, -0.2) is 0 Å². The largest absolute Gasteiger partial charge is 0.426 e. The minimum absolute atomic E-state index is 0.0172. The van der Waals surface area contributed by atoms with E-state index in [1.54, 1.807) is 0 Å². The molecule has 0 aromatic heterocycles. The zero-order chi connectivity index (χ0) is 9.57. The second kappa shape index (κ2) is 2.63. The van der Waals surface area contributed by atoms with Gasteiger partial charge in [0.2, 0.25) is 0 Å². The Morgan fingerprint density at radius 1 is 1.33 bits per heavy atom. The van der Waals surface area contributed by atoms with Crippen molar-refractivity contribution >= 4 is 6.92 Å². The third-order valence-corrected chi connectivity index (χ3v) is 3.31. The Labute approximate surface area is 76.3 Å². The Balaban J connectivity index is 2.81. The molecule has 68 valence electrons. The van der Waals surface area contributed by atoms with Crippen molar-refractivity contribution in [1.29, 1.82) is 0 Å². The molecule has 1 nitrogen and oxygen atoms in total. The van der Waals surface area contributed by atoms with E-state index in [1.807, 2.05) is 6.92 Å². The van der Waals surface area contributed by atoms with Crippen molar-refractivity contribution in [2.75, 3.05) is 0 Å². The number of hydrogen-bond acceptors (Lipinski definition) is 1. The van der Waals surface area contributed by atoms with Crippen LogP contribution >= 0.6 is 0 Å². The van der Waals surface area contributed by atoms with E-state index in [1.165, 1.54) is 0 Å². The fraction of sp³-hybridized carbons (Fsp3) is 0.800. The summed E-state index contributed by atoms with van der Waals surface area (Å²) in [4.78, 5) is 0. The van der Waals surface area contributed by atoms with E-state index in [0.717, 1.165) is 11.8 Å². The van der Waals surface area contributed by atoms with Crippen molar-refractivity contribution in [2.24, 2.45) is 5.41 Å². The van der Waals surface area contributed by atoms with Crippen molar-refractivity contribution < 1.29 is 4.65 Å². The van der Waals surface area contributed by atoms with Gasteiger partial charge in [-0.15, -0.1) is 6.58 Å². The molecule has 0 aromatic carbocycles. The van der Waals surface area contributed by atoms with Gasteiger partial charge in [-0.1, -0.05) is 19.3 Å². The van der Waals surface area contributed by atoms with Crippen LogP contribution in [0.4, 0.5) is 0 Å². The molecule has 1 rings (SSSR count). The fourth-order valence-corrected chi connectivity index (χ4v) is 1.54. The van der Waals surface area contributed by atoms with Crippen LogP contribution in [0, 0.1) is 5.41 Å². The Hall–Kier alpha value is -0.235. The van der Waals surface area contributed by atoms with Crippen LogP contribution in [0.1, 0.15) is 34.6 Å². The van der Waals surface area contributed by atoms with E-state index in [0.29, 0.717) is 0 Å². The van der Waals surface area contributed by atoms with Gasteiger partial charge in [0.05, 0.1) is 5.60 Å². The lowest BCUT2D eigenvalue weighted by Gasteiger charge is -2.34. The highest BCUT2D eigenvalue weighted by Crippen LogP contribution is 2.46. The molecule has 0 unspecified atom stereocenters. The highest BCUT2D eigenvalue weighted by Gasteiger charge is 2.49. The molecule has 0 radical (unpaired) electrons. The van der Waals surface area contributed by atoms with Gasteiger partial charge in [0, 0.05) is 0 Å². The van der Waals surface area contributed by atoms with Gasteiger partial charge in [-0.05, 0) is 32.5 Å². The predicted molar refractivity (Wildman–Crippen MR) is 54.3 cm³/mol. The topological polar surface area (TPSA) is 9.23 Å². The molecule has 1 fully saturated rings. The summed E-state index contributed by atoms with van der Waals surface area (Å²) in [7, 11) is 0. The van der Waals surface area contributed by atoms with Gasteiger partial charge in [-0.2, -0.15) is 0 Å². The molecule has 1 heterocycles. The zero-order valence-electron chi connectivity index (χ0n) is 8.90. The van der Waals surface area contributed by atoms with Crippen molar-refractivity contribution in [2.45, 2.75) is 46.5 Å². The molecule has 1 saturated heterocycles. The molecule has 12 heavy (non-hydrogen) atoms. The third-order valence-electron chi connectivity index (χ3n) is 3.31. The lowest BCUT2D eigenvalue weighted by molar-refractivity contribution is 0.0371. The summed E-state index contributed by atoms with van der Waals surface area (Å²) in [5.74, 6) is 0. The molecule has 1 aliphatic rings. The van der Waals surface area contributed by atoms with Crippen molar-refractivity contribution in [3.8, 4) is 0 Å². The number of rotatable bonds is 1. The second-order valence-electron chi connectivity index (χ2n) is 5.05. The Morgan fingerprint density at radius 3 is 2.00 bits per heavy atom. The quantitative estimate of drug-likeness (QED) is 0.544. The molecule has 0 atom stereocenters. The maximum absolute atomic E-state index is 5.93. The molecular weight excluding hydrogens is 147 g/mol. The van der Waals surface area contributed by atoms with Crippen LogP contribution in [0.5, 0.6) is 0 Å². The van der Waals surface area contributed by atoms with Crippen LogP contribution in [0.15, 0.2) is 12.1 Å². The molecule has 2 heteroatoms. The summed E-state index contributed by atoms with van der Waals surface area (Å²) >= 11 is 0. The first-order valence-corrected chi connectivity index (χ1v) is 4.59. The van der Waals surface area contributed by atoms with Crippen molar-refractivity contribution in [1.82, 2.24) is 0 Å². The van der Waals surface area contributed by atoms with Crippen LogP contribution in [-0.4, -0.2) is 12.5 Å². The first kappa shape index (κ1) is 9.85. The second-order valence-corrected chi connectivity index (χ2v) is 5.05. The lowest BCUT2D eigenvalue weighted by atomic mass is 9.54. The third kappa shape index (κ3) is 1.45. The van der Waals surface area contributed by atoms with Crippen LogP contribution in [0.3, 0.4) is 0 Å². The molecule has 1 aliphatic heterocycles. The van der Waals surface area contributed by atoms with Gasteiger partial charge in [0.1, 0.15) is 0 Å². The molecule has 0 aromatic rings. The smallest absolute Gasteiger partial charge is 0.323 e. The maximum Gasteiger partial charge on any atom is 0.323 e. The first-order chi connectivity index (χ1) is 5.26. The van der Waals surface area contributed by atoms with Gasteiger partial charge < -0.3 is 4.65 Å². The van der Waals surface area contributed by atoms with E-state index in [4.69, 9.17) is 4.65 Å². The molecule has 0 bridgehead atoms. The van der Waals surface area contributed by atoms with E-state index < -0.39 is 0 Å². The van der Waals surface area contributed by atoms with Gasteiger partial charge in [0.15, 0.2) is 0 Å². The standard InChI is InChI=1S/C10H19BO/c1-8(2)11-7-9(3,4)10(5,6)12-11/h1,7H2,2-6H3. The average molecular weight is 166 g/mol. The summed E-state index contributed by atoms with van der Waals surface area (Å²) in [6, 6.07) is 0. The molecule has 0 spiro atoms. The number of hydrogen-bond donors (Lipinski definition) is 0. The minimum Gasteiger partial charge on any atom is -0.426 e. The molecule has 0 amide bonds. The number of allylic oxidation sites excluding steroid dienone is 1. The lowest BCUT2D eigenvalue weighted by Crippen LogP contribution is -2.34. The Morgan fingerprint density at radius 2 is 1.83 bits per heavy atom. The molecule has 0 N–H and O–H groups in total. The Kier molecular flexibility index (Phi) is 2.16. The van der Waals surface area contributed by atoms with Crippen molar-refractivity contribution in [3.63, 3.8) is 0 Å². The summed E-state index contributed by atoms with van der Waals surface area (Å²) in [6.45, 7) is 15.1. The van der Waals surface area contributed by atoms with Crippen LogP contribution < -0.4 is 0 Å². The fourth-order valence-electron chi connectivity index (χ4n) is 1.54. The van der Waals surface area contributed by atoms with E-state index in [9.17, 15) is 0 Å². The highest BCUT2D eigenvalue weighted by atomic mass is 16.5. The minimum atomic E-state index is -0.0172. The average Bonchev–Trinajstić information content (AvgIpc) is 2.03. The van der Waals surface area contributed by atoms with Crippen LogP contribution in [-0.2, 0) is 4.65 Å². The van der Waals surface area contributed by atoms with Gasteiger partial charge >= 0.3 is 6.92 Å². The SMILES string of the molecule is C=C(C)B1CC(C)(C)C(C)(C)O1. The normalized spacial score (nSPS) is 25.9. The van der Waals surface area contributed by atoms with E-state index in [-0.39, 0.29) is 17.9 Å². The first-order valence-electron chi connectivity index (χ1n) is 4.59.